The van der Waals surface area contributed by atoms with Crippen molar-refractivity contribution >= 4 is 35.2 Å². The van der Waals surface area contributed by atoms with E-state index in [2.05, 4.69) is 5.43 Å². The van der Waals surface area contributed by atoms with Gasteiger partial charge in [0.1, 0.15) is 5.57 Å². The molecule has 0 unspecified atom stereocenters. The first-order chi connectivity index (χ1) is 13.4. The molecular formula is C21H21N3O4. The second-order valence-corrected chi connectivity index (χ2v) is 6.39. The predicted octanol–water partition coefficient (Wildman–Crippen LogP) is 2.39. The van der Waals surface area contributed by atoms with Gasteiger partial charge < -0.3 is 9.64 Å². The van der Waals surface area contributed by atoms with Gasteiger partial charge in [-0.2, -0.15) is 0 Å². The number of nitrogens with one attached hydrogen (secondary N) is 1. The molecule has 0 bridgehead atoms. The standard InChI is InChI=1S/C21H21N3O4/c1-4-28-21(27)15-7-11-17(12-8-15)24-20(26)18(19(25)22-24)13-14-5-9-16(10-6-14)23(2)3/h5-13H,4H2,1-3H3,(H,22,25)/b18-13+. The molecule has 7 heteroatoms. The van der Waals surface area contributed by atoms with E-state index in [1.54, 1.807) is 37.3 Å². The summed E-state index contributed by atoms with van der Waals surface area (Å²) in [5.41, 5.74) is 5.20. The maximum Gasteiger partial charge on any atom is 0.338 e. The van der Waals surface area contributed by atoms with Crippen molar-refractivity contribution in [3.63, 3.8) is 0 Å². The Bertz CT molecular complexity index is 931. The highest BCUT2D eigenvalue weighted by atomic mass is 16.5. The fraction of sp³-hybridized carbons (Fsp3) is 0.190. The molecule has 0 saturated carbocycles. The number of nitrogens with zero attached hydrogens (tertiary/aromatic N) is 2. The van der Waals surface area contributed by atoms with Gasteiger partial charge in [-0.05, 0) is 55.0 Å². The molecule has 1 aliphatic rings. The first kappa shape index (κ1) is 19.2. The van der Waals surface area contributed by atoms with Gasteiger partial charge in [0.05, 0.1) is 17.9 Å². The third-order valence-electron chi connectivity index (χ3n) is 4.25. The largest absolute Gasteiger partial charge is 0.462 e. The van der Waals surface area contributed by atoms with Crippen molar-refractivity contribution < 1.29 is 19.1 Å². The lowest BCUT2D eigenvalue weighted by molar-refractivity contribution is -0.117. The average molecular weight is 379 g/mol. The van der Waals surface area contributed by atoms with Gasteiger partial charge in [0, 0.05) is 19.8 Å². The first-order valence-electron chi connectivity index (χ1n) is 8.82. The zero-order valence-electron chi connectivity index (χ0n) is 15.9. The number of hydrogen-bond donors (Lipinski definition) is 1. The topological polar surface area (TPSA) is 79.0 Å². The molecule has 3 rings (SSSR count). The number of anilines is 2. The van der Waals surface area contributed by atoms with Crippen molar-refractivity contribution in [1.29, 1.82) is 0 Å². The molecule has 2 aromatic rings. The maximum absolute atomic E-state index is 12.7. The Kier molecular flexibility index (Phi) is 5.44. The molecule has 1 saturated heterocycles. The molecule has 0 aliphatic carbocycles. The van der Waals surface area contributed by atoms with E-state index in [9.17, 15) is 14.4 Å². The average Bonchev–Trinajstić information content (AvgIpc) is 2.97. The zero-order chi connectivity index (χ0) is 20.3. The number of hydrazine groups is 1. The van der Waals surface area contributed by atoms with E-state index in [4.69, 9.17) is 4.74 Å². The van der Waals surface area contributed by atoms with E-state index in [0.717, 1.165) is 16.3 Å². The van der Waals surface area contributed by atoms with Crippen LogP contribution in [0.15, 0.2) is 54.1 Å². The third-order valence-corrected chi connectivity index (χ3v) is 4.25. The number of ether oxygens (including phenoxy) is 1. The summed E-state index contributed by atoms with van der Waals surface area (Å²) in [4.78, 5) is 38.7. The van der Waals surface area contributed by atoms with Gasteiger partial charge in [-0.15, -0.1) is 0 Å². The van der Waals surface area contributed by atoms with E-state index in [0.29, 0.717) is 11.3 Å². The lowest BCUT2D eigenvalue weighted by Crippen LogP contribution is -2.35. The Morgan fingerprint density at radius 2 is 1.71 bits per heavy atom. The number of hydrogen-bond acceptors (Lipinski definition) is 5. The van der Waals surface area contributed by atoms with Gasteiger partial charge in [0.2, 0.25) is 0 Å². The molecule has 1 aliphatic heterocycles. The quantitative estimate of drug-likeness (QED) is 0.490. The van der Waals surface area contributed by atoms with Crippen molar-refractivity contribution in [1.82, 2.24) is 5.43 Å². The van der Waals surface area contributed by atoms with Crippen LogP contribution in [0.3, 0.4) is 0 Å². The molecule has 1 N–H and O–H groups in total. The molecular weight excluding hydrogens is 358 g/mol. The van der Waals surface area contributed by atoms with Crippen LogP contribution in [0.5, 0.6) is 0 Å². The molecule has 0 spiro atoms. The minimum Gasteiger partial charge on any atom is -0.462 e. The van der Waals surface area contributed by atoms with Crippen LogP contribution in [0, 0.1) is 0 Å². The molecule has 2 aromatic carbocycles. The number of carbonyl (C=O) groups is 3. The van der Waals surface area contributed by atoms with Crippen LogP contribution < -0.4 is 15.3 Å². The van der Waals surface area contributed by atoms with E-state index in [-0.39, 0.29) is 12.2 Å². The van der Waals surface area contributed by atoms with Crippen LogP contribution in [0.2, 0.25) is 0 Å². The van der Waals surface area contributed by atoms with Gasteiger partial charge in [-0.1, -0.05) is 12.1 Å². The van der Waals surface area contributed by atoms with E-state index >= 15 is 0 Å². The maximum atomic E-state index is 12.7. The Labute approximate surface area is 163 Å². The fourth-order valence-corrected chi connectivity index (χ4v) is 2.74. The van der Waals surface area contributed by atoms with Crippen LogP contribution in [-0.4, -0.2) is 38.5 Å². The Hall–Kier alpha value is -3.61. The summed E-state index contributed by atoms with van der Waals surface area (Å²) in [6, 6.07) is 13.8. The van der Waals surface area contributed by atoms with Gasteiger partial charge in [-0.3, -0.25) is 15.0 Å². The number of benzene rings is 2. The number of rotatable bonds is 5. The van der Waals surface area contributed by atoms with E-state index < -0.39 is 17.8 Å². The van der Waals surface area contributed by atoms with E-state index in [1.807, 2.05) is 43.3 Å². The van der Waals surface area contributed by atoms with Crippen LogP contribution >= 0.6 is 0 Å². The first-order valence-corrected chi connectivity index (χ1v) is 8.82. The van der Waals surface area contributed by atoms with Crippen LogP contribution in [-0.2, 0) is 14.3 Å². The molecule has 0 radical (unpaired) electrons. The predicted molar refractivity (Wildman–Crippen MR) is 107 cm³/mol. The summed E-state index contributed by atoms with van der Waals surface area (Å²) in [6.07, 6.45) is 1.56. The summed E-state index contributed by atoms with van der Waals surface area (Å²) in [5, 5.41) is 1.16. The molecule has 7 nitrogen and oxygen atoms in total. The summed E-state index contributed by atoms with van der Waals surface area (Å²) >= 11 is 0. The van der Waals surface area contributed by atoms with Crippen LogP contribution in [0.25, 0.3) is 6.08 Å². The molecule has 144 valence electrons. The SMILES string of the molecule is CCOC(=O)c1ccc(N2NC(=O)/C(=C\c3ccc(N(C)C)cc3)C2=O)cc1. The minimum atomic E-state index is -0.476. The van der Waals surface area contributed by atoms with Crippen molar-refractivity contribution in [2.45, 2.75) is 6.92 Å². The van der Waals surface area contributed by atoms with Gasteiger partial charge in [-0.25, -0.2) is 9.80 Å². The number of carbonyl (C=O) groups excluding carboxylic acids is 3. The summed E-state index contributed by atoms with van der Waals surface area (Å²) in [5.74, 6) is -1.37. The molecule has 0 atom stereocenters. The molecule has 28 heavy (non-hydrogen) atoms. The fourth-order valence-electron chi connectivity index (χ4n) is 2.74. The Balaban J connectivity index is 1.80. The van der Waals surface area contributed by atoms with Gasteiger partial charge in [0.15, 0.2) is 0 Å². The van der Waals surface area contributed by atoms with Crippen molar-refractivity contribution in [2.24, 2.45) is 0 Å². The van der Waals surface area contributed by atoms with E-state index in [1.165, 1.54) is 0 Å². The monoisotopic (exact) mass is 379 g/mol. The normalized spacial score (nSPS) is 15.0. The van der Waals surface area contributed by atoms with Crippen LogP contribution in [0.1, 0.15) is 22.8 Å². The van der Waals surface area contributed by atoms with Gasteiger partial charge >= 0.3 is 5.97 Å². The Morgan fingerprint density at radius 1 is 1.07 bits per heavy atom. The van der Waals surface area contributed by atoms with Crippen molar-refractivity contribution in [3.8, 4) is 0 Å². The minimum absolute atomic E-state index is 0.0482. The smallest absolute Gasteiger partial charge is 0.338 e. The lowest BCUT2D eigenvalue weighted by atomic mass is 10.1. The molecule has 0 aromatic heterocycles. The number of amides is 2. The third kappa shape index (κ3) is 3.88. The van der Waals surface area contributed by atoms with Crippen molar-refractivity contribution in [2.75, 3.05) is 30.6 Å². The second-order valence-electron chi connectivity index (χ2n) is 6.39. The molecule has 2 amide bonds. The second kappa shape index (κ2) is 7.96. The number of esters is 1. The van der Waals surface area contributed by atoms with Crippen molar-refractivity contribution in [3.05, 3.63) is 65.2 Å². The molecule has 1 fully saturated rings. The lowest BCUT2D eigenvalue weighted by Gasteiger charge is -2.14. The summed E-state index contributed by atoms with van der Waals surface area (Å²) in [7, 11) is 3.87. The highest BCUT2D eigenvalue weighted by molar-refractivity contribution is 6.31. The highest BCUT2D eigenvalue weighted by Crippen LogP contribution is 2.23. The summed E-state index contributed by atoms with van der Waals surface area (Å²) in [6.45, 7) is 2.01. The summed E-state index contributed by atoms with van der Waals surface area (Å²) < 4.78 is 4.94. The highest BCUT2D eigenvalue weighted by Gasteiger charge is 2.34. The Morgan fingerprint density at radius 3 is 2.29 bits per heavy atom. The zero-order valence-corrected chi connectivity index (χ0v) is 15.9. The van der Waals surface area contributed by atoms with Crippen LogP contribution in [0.4, 0.5) is 11.4 Å². The van der Waals surface area contributed by atoms with Gasteiger partial charge in [0.25, 0.3) is 11.8 Å². The molecule has 1 heterocycles.